The topological polar surface area (TPSA) is 4.93 Å². The number of aryl methyl sites for hydroxylation is 1. The van der Waals surface area contributed by atoms with Crippen LogP contribution in [0.5, 0.6) is 0 Å². The number of para-hydroxylation sites is 1. The molecule has 2 aromatic carbocycles. The van der Waals surface area contributed by atoms with E-state index in [-0.39, 0.29) is 0 Å². The molecule has 0 aliphatic carbocycles. The van der Waals surface area contributed by atoms with Gasteiger partial charge in [0.15, 0.2) is 0 Å². The Morgan fingerprint density at radius 1 is 0.833 bits per heavy atom. The van der Waals surface area contributed by atoms with Crippen molar-refractivity contribution in [2.75, 3.05) is 0 Å². The molecule has 0 N–H and O–H groups in total. The summed E-state index contributed by atoms with van der Waals surface area (Å²) >= 11 is 0. The summed E-state index contributed by atoms with van der Waals surface area (Å²) in [6.45, 7) is 0. The molecule has 3 rings (SSSR count). The number of aromatic nitrogens is 1. The lowest BCUT2D eigenvalue weighted by molar-refractivity contribution is 0.968. The van der Waals surface area contributed by atoms with E-state index in [1.807, 2.05) is 6.07 Å². The number of nitrogens with zero attached hydrogens (tertiary/aromatic N) is 1. The molecule has 18 heavy (non-hydrogen) atoms. The molecule has 0 atom stereocenters. The quantitative estimate of drug-likeness (QED) is 0.620. The Kier molecular flexibility index (Phi) is 2.73. The summed E-state index contributed by atoms with van der Waals surface area (Å²) < 4.78 is 2.17. The highest BCUT2D eigenvalue weighted by Gasteiger charge is 2.02. The minimum Gasteiger partial charge on any atom is -0.350 e. The van der Waals surface area contributed by atoms with E-state index in [0.717, 1.165) is 0 Å². The highest BCUT2D eigenvalue weighted by molar-refractivity contribution is 5.91. The summed E-state index contributed by atoms with van der Waals surface area (Å²) in [5.41, 5.74) is 3.76. The van der Waals surface area contributed by atoms with Crippen LogP contribution in [0.3, 0.4) is 0 Å². The average Bonchev–Trinajstić information content (AvgIpc) is 2.75. The van der Waals surface area contributed by atoms with Crippen molar-refractivity contribution in [3.05, 3.63) is 71.9 Å². The molecule has 0 spiro atoms. The van der Waals surface area contributed by atoms with E-state index < -0.39 is 0 Å². The standard InChI is InChI=1S/C17H15N/c1-18-13-15(16-9-5-6-10-17(16)18)12-11-14-7-3-2-4-8-14/h2-13H,1H3. The fourth-order valence-corrected chi connectivity index (χ4v) is 2.26. The zero-order chi connectivity index (χ0) is 12.4. The lowest BCUT2D eigenvalue weighted by Crippen LogP contribution is -1.81. The molecule has 0 saturated heterocycles. The van der Waals surface area contributed by atoms with Crippen molar-refractivity contribution in [1.82, 2.24) is 4.57 Å². The minimum absolute atomic E-state index is 1.23. The van der Waals surface area contributed by atoms with E-state index in [9.17, 15) is 0 Å². The summed E-state index contributed by atoms with van der Waals surface area (Å²) in [5.74, 6) is 0. The maximum atomic E-state index is 2.18. The first-order chi connectivity index (χ1) is 8.84. The van der Waals surface area contributed by atoms with Gasteiger partial charge in [-0.15, -0.1) is 0 Å². The van der Waals surface area contributed by atoms with Gasteiger partial charge in [-0.1, -0.05) is 60.7 Å². The van der Waals surface area contributed by atoms with Gasteiger partial charge >= 0.3 is 0 Å². The van der Waals surface area contributed by atoms with E-state index in [2.05, 4.69) is 78.5 Å². The molecule has 1 aromatic heterocycles. The van der Waals surface area contributed by atoms with Crippen molar-refractivity contribution in [3.63, 3.8) is 0 Å². The van der Waals surface area contributed by atoms with Crippen molar-refractivity contribution in [2.45, 2.75) is 0 Å². The molecule has 1 heteroatoms. The normalized spacial score (nSPS) is 11.4. The van der Waals surface area contributed by atoms with Crippen LogP contribution in [0, 0.1) is 0 Å². The summed E-state index contributed by atoms with van der Waals surface area (Å²) in [6.07, 6.45) is 6.50. The van der Waals surface area contributed by atoms with Crippen LogP contribution in [0.1, 0.15) is 11.1 Å². The molecule has 1 heterocycles. The van der Waals surface area contributed by atoms with Crippen LogP contribution in [0.2, 0.25) is 0 Å². The highest BCUT2D eigenvalue weighted by atomic mass is 14.9. The molecular formula is C17H15N. The summed E-state index contributed by atoms with van der Waals surface area (Å²) in [4.78, 5) is 0. The van der Waals surface area contributed by atoms with Crippen LogP contribution in [0.25, 0.3) is 23.1 Å². The van der Waals surface area contributed by atoms with Crippen LogP contribution in [0.15, 0.2) is 60.8 Å². The third kappa shape index (κ3) is 1.95. The number of fused-ring (bicyclic) bond motifs is 1. The lowest BCUT2D eigenvalue weighted by atomic mass is 10.1. The zero-order valence-electron chi connectivity index (χ0n) is 10.4. The van der Waals surface area contributed by atoms with Gasteiger partial charge in [-0.05, 0) is 17.2 Å². The molecule has 0 unspecified atom stereocenters. The second-order valence-corrected chi connectivity index (χ2v) is 4.46. The Balaban J connectivity index is 2.03. The number of hydrogen-bond acceptors (Lipinski definition) is 0. The molecule has 0 aliphatic rings. The molecule has 0 aliphatic heterocycles. The zero-order valence-corrected chi connectivity index (χ0v) is 10.4. The Labute approximate surface area is 107 Å². The Bertz CT molecular complexity index is 690. The predicted octanol–water partition coefficient (Wildman–Crippen LogP) is 4.35. The van der Waals surface area contributed by atoms with Gasteiger partial charge in [-0.3, -0.25) is 0 Å². The predicted molar refractivity (Wildman–Crippen MR) is 78.3 cm³/mol. The van der Waals surface area contributed by atoms with Crippen molar-refractivity contribution in [1.29, 1.82) is 0 Å². The molecule has 0 fully saturated rings. The van der Waals surface area contributed by atoms with Crippen LogP contribution >= 0.6 is 0 Å². The van der Waals surface area contributed by atoms with Gasteiger partial charge in [-0.25, -0.2) is 0 Å². The largest absolute Gasteiger partial charge is 0.350 e. The minimum atomic E-state index is 1.23. The third-order valence-electron chi connectivity index (χ3n) is 3.18. The monoisotopic (exact) mass is 233 g/mol. The molecule has 3 aromatic rings. The van der Waals surface area contributed by atoms with Crippen LogP contribution in [-0.2, 0) is 7.05 Å². The van der Waals surface area contributed by atoms with Crippen LogP contribution in [-0.4, -0.2) is 4.57 Å². The lowest BCUT2D eigenvalue weighted by Gasteiger charge is -1.93. The first-order valence-corrected chi connectivity index (χ1v) is 6.12. The fraction of sp³-hybridized carbons (Fsp3) is 0.0588. The maximum Gasteiger partial charge on any atom is 0.0483 e. The smallest absolute Gasteiger partial charge is 0.0483 e. The van der Waals surface area contributed by atoms with Gasteiger partial charge in [-0.2, -0.15) is 0 Å². The average molecular weight is 233 g/mol. The summed E-state index contributed by atoms with van der Waals surface area (Å²) in [6, 6.07) is 18.9. The first-order valence-electron chi connectivity index (χ1n) is 6.12. The maximum absolute atomic E-state index is 2.18. The van der Waals surface area contributed by atoms with E-state index in [0.29, 0.717) is 0 Å². The van der Waals surface area contributed by atoms with Gasteiger partial charge in [0.25, 0.3) is 0 Å². The highest BCUT2D eigenvalue weighted by Crippen LogP contribution is 2.22. The first kappa shape index (κ1) is 10.8. The second kappa shape index (κ2) is 4.53. The molecule has 1 nitrogen and oxygen atoms in total. The molecule has 0 saturated carbocycles. The van der Waals surface area contributed by atoms with Crippen molar-refractivity contribution in [3.8, 4) is 0 Å². The van der Waals surface area contributed by atoms with Crippen molar-refractivity contribution < 1.29 is 0 Å². The van der Waals surface area contributed by atoms with Gasteiger partial charge in [0.05, 0.1) is 0 Å². The molecule has 88 valence electrons. The van der Waals surface area contributed by atoms with Crippen molar-refractivity contribution in [2.24, 2.45) is 7.05 Å². The van der Waals surface area contributed by atoms with E-state index in [1.54, 1.807) is 0 Å². The van der Waals surface area contributed by atoms with Gasteiger partial charge in [0, 0.05) is 24.1 Å². The Hall–Kier alpha value is -2.28. The molecule has 0 bridgehead atoms. The number of hydrogen-bond donors (Lipinski definition) is 0. The number of rotatable bonds is 2. The molecule has 0 radical (unpaired) electrons. The Morgan fingerprint density at radius 2 is 1.56 bits per heavy atom. The van der Waals surface area contributed by atoms with E-state index >= 15 is 0 Å². The summed E-state index contributed by atoms with van der Waals surface area (Å²) in [7, 11) is 2.09. The van der Waals surface area contributed by atoms with Crippen LogP contribution in [0.4, 0.5) is 0 Å². The van der Waals surface area contributed by atoms with Crippen LogP contribution < -0.4 is 0 Å². The van der Waals surface area contributed by atoms with Gasteiger partial charge < -0.3 is 4.57 Å². The number of benzene rings is 2. The summed E-state index contributed by atoms with van der Waals surface area (Å²) in [5, 5.41) is 1.30. The Morgan fingerprint density at radius 3 is 2.39 bits per heavy atom. The molecule has 0 amide bonds. The van der Waals surface area contributed by atoms with E-state index in [4.69, 9.17) is 0 Å². The van der Waals surface area contributed by atoms with Gasteiger partial charge in [0.1, 0.15) is 0 Å². The molecular weight excluding hydrogens is 218 g/mol. The van der Waals surface area contributed by atoms with E-state index in [1.165, 1.54) is 22.0 Å². The fourth-order valence-electron chi connectivity index (χ4n) is 2.26. The SMILES string of the molecule is Cn1cc(C=Cc2ccccc2)c2ccccc21. The van der Waals surface area contributed by atoms with Crippen molar-refractivity contribution >= 4 is 23.1 Å². The third-order valence-corrected chi connectivity index (χ3v) is 3.18. The second-order valence-electron chi connectivity index (χ2n) is 4.46. The van der Waals surface area contributed by atoms with Gasteiger partial charge in [0.2, 0.25) is 0 Å².